The highest BCUT2D eigenvalue weighted by Crippen LogP contribution is 2.44. The smallest absolute Gasteiger partial charge is 0.326 e. The summed E-state index contributed by atoms with van der Waals surface area (Å²) in [5.74, 6) is -2.46. The first-order valence-electron chi connectivity index (χ1n) is 4.93. The van der Waals surface area contributed by atoms with Crippen LogP contribution in [0.1, 0.15) is 19.3 Å². The molecule has 1 rings (SSSR count). The molecule has 0 bridgehead atoms. The molecule has 0 spiro atoms. The molecular weight excluding hydrogens is 214 g/mol. The molecule has 0 radical (unpaired) electrons. The van der Waals surface area contributed by atoms with Crippen molar-refractivity contribution >= 4 is 17.8 Å². The van der Waals surface area contributed by atoms with Gasteiger partial charge in [0.15, 0.2) is 0 Å². The second-order valence-corrected chi connectivity index (χ2v) is 4.02. The number of amides is 2. The van der Waals surface area contributed by atoms with Gasteiger partial charge in [0.1, 0.15) is 6.04 Å². The van der Waals surface area contributed by atoms with Crippen molar-refractivity contribution in [2.75, 3.05) is 6.54 Å². The van der Waals surface area contributed by atoms with Gasteiger partial charge in [-0.15, -0.1) is 0 Å². The fourth-order valence-electron chi connectivity index (χ4n) is 1.39. The van der Waals surface area contributed by atoms with Crippen LogP contribution in [0.3, 0.4) is 0 Å². The number of hydrogen-bond acceptors (Lipinski definition) is 4. The maximum Gasteiger partial charge on any atom is 0.326 e. The minimum atomic E-state index is -1.28. The van der Waals surface area contributed by atoms with Crippen LogP contribution in [0, 0.1) is 5.41 Å². The first kappa shape index (κ1) is 12.4. The van der Waals surface area contributed by atoms with Gasteiger partial charge in [-0.1, -0.05) is 0 Å². The van der Waals surface area contributed by atoms with Crippen molar-refractivity contribution in [3.05, 3.63) is 0 Å². The quantitative estimate of drug-likeness (QED) is 0.424. The summed E-state index contributed by atoms with van der Waals surface area (Å²) < 4.78 is 0. The van der Waals surface area contributed by atoms with Crippen LogP contribution in [-0.2, 0) is 14.4 Å². The topological polar surface area (TPSA) is 136 Å². The third-order valence-corrected chi connectivity index (χ3v) is 2.73. The van der Waals surface area contributed by atoms with Gasteiger partial charge in [0.05, 0.1) is 11.8 Å². The summed E-state index contributed by atoms with van der Waals surface area (Å²) in [5.41, 5.74) is 9.68. The molecule has 1 aliphatic carbocycles. The molecule has 1 unspecified atom stereocenters. The predicted molar refractivity (Wildman–Crippen MR) is 54.1 cm³/mol. The molecule has 0 aromatic carbocycles. The van der Waals surface area contributed by atoms with E-state index in [1.165, 1.54) is 0 Å². The minimum Gasteiger partial charge on any atom is -0.480 e. The van der Waals surface area contributed by atoms with Crippen molar-refractivity contribution in [2.24, 2.45) is 16.9 Å². The molecule has 0 aromatic rings. The van der Waals surface area contributed by atoms with Crippen molar-refractivity contribution < 1.29 is 19.5 Å². The van der Waals surface area contributed by atoms with E-state index in [0.717, 1.165) is 0 Å². The number of nitrogens with one attached hydrogen (secondary N) is 1. The Morgan fingerprint density at radius 2 is 1.94 bits per heavy atom. The molecule has 1 fully saturated rings. The number of carbonyl (C=O) groups is 3. The van der Waals surface area contributed by atoms with Crippen molar-refractivity contribution in [1.82, 2.24) is 5.32 Å². The van der Waals surface area contributed by atoms with E-state index >= 15 is 0 Å². The summed E-state index contributed by atoms with van der Waals surface area (Å²) in [6.07, 6.45) is 0.887. The second kappa shape index (κ2) is 4.48. The summed E-state index contributed by atoms with van der Waals surface area (Å²) in [4.78, 5) is 33.0. The summed E-state index contributed by atoms with van der Waals surface area (Å²) in [7, 11) is 0. The molecular formula is C9H15N3O4. The Hall–Kier alpha value is -1.63. The highest BCUT2D eigenvalue weighted by atomic mass is 16.4. The fourth-order valence-corrected chi connectivity index (χ4v) is 1.39. The van der Waals surface area contributed by atoms with E-state index < -0.39 is 35.7 Å². The molecule has 16 heavy (non-hydrogen) atoms. The average molecular weight is 229 g/mol. The molecule has 1 saturated carbocycles. The average Bonchev–Trinajstić information content (AvgIpc) is 2.96. The van der Waals surface area contributed by atoms with Gasteiger partial charge in [0, 0.05) is 6.54 Å². The van der Waals surface area contributed by atoms with Gasteiger partial charge in [-0.25, -0.2) is 4.79 Å². The van der Waals surface area contributed by atoms with E-state index in [-0.39, 0.29) is 6.54 Å². The molecule has 90 valence electrons. The SMILES string of the molecule is NCC1(C(=O)NC(CC(N)=O)C(=O)O)CC1. The largest absolute Gasteiger partial charge is 0.480 e. The number of rotatable bonds is 6. The summed E-state index contributed by atoms with van der Waals surface area (Å²) >= 11 is 0. The lowest BCUT2D eigenvalue weighted by Gasteiger charge is -2.17. The Morgan fingerprint density at radius 1 is 1.38 bits per heavy atom. The third-order valence-electron chi connectivity index (χ3n) is 2.73. The van der Waals surface area contributed by atoms with Crippen LogP contribution < -0.4 is 16.8 Å². The maximum atomic E-state index is 11.6. The molecule has 7 heteroatoms. The third kappa shape index (κ3) is 2.69. The van der Waals surface area contributed by atoms with Crippen molar-refractivity contribution in [1.29, 1.82) is 0 Å². The van der Waals surface area contributed by atoms with Gasteiger partial charge < -0.3 is 21.9 Å². The number of aliphatic carboxylic acids is 1. The van der Waals surface area contributed by atoms with Crippen molar-refractivity contribution in [3.8, 4) is 0 Å². The Kier molecular flexibility index (Phi) is 3.48. The van der Waals surface area contributed by atoms with Crippen LogP contribution in [0.5, 0.6) is 0 Å². The fraction of sp³-hybridized carbons (Fsp3) is 0.667. The Bertz CT molecular complexity index is 325. The molecule has 2 amide bonds. The monoisotopic (exact) mass is 229 g/mol. The predicted octanol–water partition coefficient (Wildman–Crippen LogP) is -1.83. The van der Waals surface area contributed by atoms with E-state index in [1.807, 2.05) is 0 Å². The standard InChI is InChI=1S/C9H15N3O4/c10-4-9(1-2-9)8(16)12-5(7(14)15)3-6(11)13/h5H,1-4,10H2,(H2,11,13)(H,12,16)(H,14,15). The minimum absolute atomic E-state index is 0.182. The van der Waals surface area contributed by atoms with E-state index in [1.54, 1.807) is 0 Å². The Balaban J connectivity index is 2.58. The lowest BCUT2D eigenvalue weighted by molar-refractivity contribution is -0.144. The highest BCUT2D eigenvalue weighted by Gasteiger charge is 2.49. The Morgan fingerprint density at radius 3 is 2.25 bits per heavy atom. The molecule has 1 aliphatic rings. The molecule has 0 saturated heterocycles. The van der Waals surface area contributed by atoms with Crippen molar-refractivity contribution in [3.63, 3.8) is 0 Å². The van der Waals surface area contributed by atoms with Gasteiger partial charge in [-0.05, 0) is 12.8 Å². The van der Waals surface area contributed by atoms with Crippen LogP contribution >= 0.6 is 0 Å². The lowest BCUT2D eigenvalue weighted by atomic mass is 10.1. The normalized spacial score (nSPS) is 18.6. The number of carbonyl (C=O) groups excluding carboxylic acids is 2. The zero-order valence-corrected chi connectivity index (χ0v) is 8.73. The number of primary amides is 1. The van der Waals surface area contributed by atoms with Gasteiger partial charge >= 0.3 is 5.97 Å². The Labute approximate surface area is 92.2 Å². The number of carboxylic acids is 1. The van der Waals surface area contributed by atoms with E-state index in [4.69, 9.17) is 16.6 Å². The van der Waals surface area contributed by atoms with Gasteiger partial charge in [0.2, 0.25) is 11.8 Å². The first-order valence-corrected chi connectivity index (χ1v) is 4.93. The molecule has 0 heterocycles. The molecule has 0 aromatic heterocycles. The van der Waals surface area contributed by atoms with E-state index in [0.29, 0.717) is 12.8 Å². The zero-order chi connectivity index (χ0) is 12.3. The number of hydrogen-bond donors (Lipinski definition) is 4. The molecule has 1 atom stereocenters. The van der Waals surface area contributed by atoms with Crippen LogP contribution in [0.15, 0.2) is 0 Å². The second-order valence-electron chi connectivity index (χ2n) is 4.02. The zero-order valence-electron chi connectivity index (χ0n) is 8.73. The first-order chi connectivity index (χ1) is 7.41. The van der Waals surface area contributed by atoms with Crippen LogP contribution in [0.4, 0.5) is 0 Å². The van der Waals surface area contributed by atoms with E-state index in [9.17, 15) is 14.4 Å². The summed E-state index contributed by atoms with van der Waals surface area (Å²) in [6.45, 7) is 0.182. The molecule has 6 N–H and O–H groups in total. The van der Waals surface area contributed by atoms with Gasteiger partial charge in [-0.3, -0.25) is 9.59 Å². The summed E-state index contributed by atoms with van der Waals surface area (Å²) in [5, 5.41) is 11.1. The van der Waals surface area contributed by atoms with Crippen LogP contribution in [0.25, 0.3) is 0 Å². The van der Waals surface area contributed by atoms with Crippen LogP contribution in [-0.4, -0.2) is 35.5 Å². The van der Waals surface area contributed by atoms with Crippen molar-refractivity contribution in [2.45, 2.75) is 25.3 Å². The van der Waals surface area contributed by atoms with Gasteiger partial charge in [0.25, 0.3) is 0 Å². The van der Waals surface area contributed by atoms with E-state index in [2.05, 4.69) is 5.32 Å². The number of carboxylic acid groups (broad SMARTS) is 1. The molecule has 7 nitrogen and oxygen atoms in total. The van der Waals surface area contributed by atoms with Gasteiger partial charge in [-0.2, -0.15) is 0 Å². The highest BCUT2D eigenvalue weighted by molar-refractivity contribution is 5.91. The molecule has 0 aliphatic heterocycles. The maximum absolute atomic E-state index is 11.6. The van der Waals surface area contributed by atoms with Crippen LogP contribution in [0.2, 0.25) is 0 Å². The lowest BCUT2D eigenvalue weighted by Crippen LogP contribution is -2.47. The summed E-state index contributed by atoms with van der Waals surface area (Å²) in [6, 6.07) is -1.27. The number of nitrogens with two attached hydrogens (primary N) is 2.